The molecule has 1 aromatic carbocycles. The maximum atomic E-state index is 8.59. The Hall–Kier alpha value is -3.15. The van der Waals surface area contributed by atoms with Crippen LogP contribution >= 0.6 is 0 Å². The van der Waals surface area contributed by atoms with Gasteiger partial charge in [0.15, 0.2) is 11.5 Å². The fourth-order valence-corrected chi connectivity index (χ4v) is 3.29. The molecule has 1 aromatic rings. The Morgan fingerprint density at radius 3 is 2.67 bits per heavy atom. The lowest BCUT2D eigenvalue weighted by molar-refractivity contribution is 0.263. The normalized spacial score (nSPS) is 23.0. The Morgan fingerprint density at radius 2 is 2.04 bits per heavy atom. The molecule has 0 fully saturated rings. The van der Waals surface area contributed by atoms with Crippen molar-refractivity contribution in [2.45, 2.75) is 25.8 Å². The Morgan fingerprint density at radius 1 is 1.33 bits per heavy atom. The molecule has 6 heteroatoms. The molecule has 0 amide bonds. The molecule has 0 saturated heterocycles. The lowest BCUT2D eigenvalue weighted by Gasteiger charge is -2.35. The number of nitrogens with zero attached hydrogens (tertiary/aromatic N) is 3. The smallest absolute Gasteiger partial charge is 0.245 e. The lowest BCUT2D eigenvalue weighted by atomic mass is 9.89. The molecule has 2 N–H and O–H groups in total. The number of ether oxygens (including phenoxy) is 1. The van der Waals surface area contributed by atoms with Crippen molar-refractivity contribution in [3.8, 4) is 0 Å². The summed E-state index contributed by atoms with van der Waals surface area (Å²) in [6.45, 7) is 9.57. The minimum absolute atomic E-state index is 0.244. The zero-order valence-electron chi connectivity index (χ0n) is 15.8. The average Bonchev–Trinajstić information content (AvgIpc) is 3.18. The lowest BCUT2D eigenvalue weighted by Crippen LogP contribution is -2.42. The largest absolute Gasteiger partial charge is 0.417 e. The highest BCUT2D eigenvalue weighted by Gasteiger charge is 2.29. The zero-order chi connectivity index (χ0) is 19.4. The van der Waals surface area contributed by atoms with E-state index in [1.807, 2.05) is 36.2 Å². The molecule has 3 rings (SSSR count). The second-order valence-electron chi connectivity index (χ2n) is 6.74. The molecule has 1 heterocycles. The summed E-state index contributed by atoms with van der Waals surface area (Å²) in [7, 11) is 1.92. The second-order valence-corrected chi connectivity index (χ2v) is 6.74. The average molecular weight is 363 g/mol. The van der Waals surface area contributed by atoms with Crippen LogP contribution in [0.15, 0.2) is 64.7 Å². The van der Waals surface area contributed by atoms with Crippen molar-refractivity contribution >= 4 is 24.5 Å². The second kappa shape index (κ2) is 8.03. The number of nitrogens with one attached hydrogen (secondary N) is 2. The molecule has 1 aliphatic carbocycles. The summed E-state index contributed by atoms with van der Waals surface area (Å²) in [5.41, 5.74) is 5.05. The molecule has 0 spiro atoms. The summed E-state index contributed by atoms with van der Waals surface area (Å²) in [6.07, 6.45) is 8.07. The van der Waals surface area contributed by atoms with Gasteiger partial charge >= 0.3 is 0 Å². The first-order valence-corrected chi connectivity index (χ1v) is 8.97. The number of aliphatic imine (C=N–C) groups is 1. The van der Waals surface area contributed by atoms with E-state index in [4.69, 9.17) is 10.1 Å². The van der Waals surface area contributed by atoms with E-state index in [1.165, 1.54) is 0 Å². The summed E-state index contributed by atoms with van der Waals surface area (Å²) >= 11 is 0. The van der Waals surface area contributed by atoms with E-state index in [2.05, 4.69) is 47.9 Å². The van der Waals surface area contributed by atoms with Crippen molar-refractivity contribution in [2.24, 2.45) is 16.0 Å². The van der Waals surface area contributed by atoms with Crippen LogP contribution in [-0.2, 0) is 4.74 Å². The van der Waals surface area contributed by atoms with E-state index in [-0.39, 0.29) is 11.9 Å². The number of rotatable bonds is 5. The summed E-state index contributed by atoms with van der Waals surface area (Å²) in [4.78, 5) is 5.98. The van der Waals surface area contributed by atoms with E-state index in [0.717, 1.165) is 24.0 Å². The van der Waals surface area contributed by atoms with Crippen LogP contribution in [0.2, 0.25) is 0 Å². The molecule has 1 unspecified atom stereocenters. The molecule has 2 atom stereocenters. The maximum Gasteiger partial charge on any atom is 0.245 e. The van der Waals surface area contributed by atoms with Gasteiger partial charge in [-0.15, -0.1) is 5.10 Å². The maximum absolute atomic E-state index is 8.59. The molecular weight excluding hydrogens is 338 g/mol. The van der Waals surface area contributed by atoms with Crippen LogP contribution in [0.25, 0.3) is 6.08 Å². The van der Waals surface area contributed by atoms with Gasteiger partial charge in [0.2, 0.25) is 11.8 Å². The van der Waals surface area contributed by atoms with Gasteiger partial charge in [0.1, 0.15) is 0 Å². The predicted octanol–water partition coefficient (Wildman–Crippen LogP) is 3.74. The minimum Gasteiger partial charge on any atom is -0.417 e. The van der Waals surface area contributed by atoms with Gasteiger partial charge in [-0.2, -0.15) is 0 Å². The number of likely N-dealkylation sites (N-methyl/N-ethyl adjacent to an activating group) is 1. The predicted molar refractivity (Wildman–Crippen MR) is 111 cm³/mol. The SMILES string of the molecule is C=Cc1ccc(C2=NNC(=C(N=C)C(=N)N(C)[C@@H]3CC=CCC3C)O2)cc1. The molecule has 6 nitrogen and oxygen atoms in total. The van der Waals surface area contributed by atoms with Gasteiger partial charge in [0.05, 0.1) is 0 Å². The van der Waals surface area contributed by atoms with Crippen LogP contribution in [0.4, 0.5) is 0 Å². The number of hydrazone groups is 1. The van der Waals surface area contributed by atoms with Crippen molar-refractivity contribution in [2.75, 3.05) is 7.05 Å². The molecule has 0 bridgehead atoms. The van der Waals surface area contributed by atoms with Crippen molar-refractivity contribution in [1.29, 1.82) is 5.41 Å². The Labute approximate surface area is 160 Å². The standard InChI is InChI=1S/C21H25N5O/c1-5-15-10-12-16(13-11-15)20-24-25-21(27-20)18(23-3)19(22)26(4)17-9-7-6-8-14(17)2/h5-7,10-14,17,22,25H,1,3,8-9H2,2,4H3/t14?,17-/m1/s1. The fourth-order valence-electron chi connectivity index (χ4n) is 3.29. The molecule has 140 valence electrons. The number of amidine groups is 1. The van der Waals surface area contributed by atoms with E-state index in [0.29, 0.717) is 23.4 Å². The molecule has 0 radical (unpaired) electrons. The van der Waals surface area contributed by atoms with E-state index < -0.39 is 0 Å². The van der Waals surface area contributed by atoms with Gasteiger partial charge in [-0.3, -0.25) is 10.4 Å². The first kappa shape index (κ1) is 18.6. The summed E-state index contributed by atoms with van der Waals surface area (Å²) in [5.74, 6) is 1.48. The molecule has 27 heavy (non-hydrogen) atoms. The highest BCUT2D eigenvalue weighted by molar-refractivity contribution is 5.99. The summed E-state index contributed by atoms with van der Waals surface area (Å²) < 4.78 is 5.84. The first-order valence-electron chi connectivity index (χ1n) is 8.97. The van der Waals surface area contributed by atoms with Gasteiger partial charge in [0.25, 0.3) is 0 Å². The topological polar surface area (TPSA) is 73.1 Å². The van der Waals surface area contributed by atoms with Crippen LogP contribution in [0, 0.1) is 11.3 Å². The van der Waals surface area contributed by atoms with Crippen molar-refractivity contribution < 1.29 is 4.74 Å². The third-order valence-electron chi connectivity index (χ3n) is 5.01. The van der Waals surface area contributed by atoms with Crippen LogP contribution in [0.3, 0.4) is 0 Å². The third-order valence-corrected chi connectivity index (χ3v) is 5.01. The first-order chi connectivity index (χ1) is 13.0. The van der Waals surface area contributed by atoms with E-state index in [1.54, 1.807) is 6.08 Å². The molecule has 0 aromatic heterocycles. The van der Waals surface area contributed by atoms with Gasteiger partial charge in [-0.05, 0) is 43.2 Å². The Bertz CT molecular complexity index is 835. The highest BCUT2D eigenvalue weighted by Crippen LogP contribution is 2.25. The van der Waals surface area contributed by atoms with Crippen molar-refractivity contribution in [3.05, 3.63) is 65.7 Å². The minimum atomic E-state index is 0.244. The quantitative estimate of drug-likeness (QED) is 0.475. The van der Waals surface area contributed by atoms with Gasteiger partial charge in [0, 0.05) is 18.7 Å². The Balaban J connectivity index is 1.77. The van der Waals surface area contributed by atoms with E-state index in [9.17, 15) is 0 Å². The zero-order valence-corrected chi connectivity index (χ0v) is 15.8. The van der Waals surface area contributed by atoms with Crippen LogP contribution in [0.1, 0.15) is 30.9 Å². The summed E-state index contributed by atoms with van der Waals surface area (Å²) in [6, 6.07) is 7.95. The van der Waals surface area contributed by atoms with Gasteiger partial charge in [-0.1, -0.05) is 43.9 Å². The van der Waals surface area contributed by atoms with Crippen molar-refractivity contribution in [3.63, 3.8) is 0 Å². The molecular formula is C21H25N5O. The number of hydrogen-bond acceptors (Lipinski definition) is 5. The van der Waals surface area contributed by atoms with Crippen molar-refractivity contribution in [1.82, 2.24) is 10.3 Å². The third kappa shape index (κ3) is 3.84. The fraction of sp³-hybridized carbons (Fsp3) is 0.286. The number of hydrogen-bond donors (Lipinski definition) is 2. The van der Waals surface area contributed by atoms with Gasteiger partial charge < -0.3 is 9.64 Å². The highest BCUT2D eigenvalue weighted by atomic mass is 16.5. The number of benzene rings is 1. The molecule has 0 saturated carbocycles. The molecule has 1 aliphatic heterocycles. The van der Waals surface area contributed by atoms with Gasteiger partial charge in [-0.25, -0.2) is 5.43 Å². The van der Waals surface area contributed by atoms with Crippen LogP contribution in [0.5, 0.6) is 0 Å². The summed E-state index contributed by atoms with van der Waals surface area (Å²) in [5, 5.41) is 12.8. The monoisotopic (exact) mass is 363 g/mol. The van der Waals surface area contributed by atoms with Crippen LogP contribution in [-0.4, -0.2) is 36.4 Å². The van der Waals surface area contributed by atoms with Crippen LogP contribution < -0.4 is 5.43 Å². The number of allylic oxidation sites excluding steroid dienone is 1. The Kier molecular flexibility index (Phi) is 5.54. The molecule has 2 aliphatic rings. The van der Waals surface area contributed by atoms with E-state index >= 15 is 0 Å².